The van der Waals surface area contributed by atoms with Crippen molar-refractivity contribution in [3.8, 4) is 0 Å². The summed E-state index contributed by atoms with van der Waals surface area (Å²) < 4.78 is 16.6. The zero-order chi connectivity index (χ0) is 20.7. The van der Waals surface area contributed by atoms with Crippen LogP contribution in [0.2, 0.25) is 0 Å². The van der Waals surface area contributed by atoms with Crippen molar-refractivity contribution in [1.29, 1.82) is 0 Å². The quantitative estimate of drug-likeness (QED) is 0.666. The van der Waals surface area contributed by atoms with Crippen LogP contribution in [0.5, 0.6) is 0 Å². The number of hydrogen-bond donors (Lipinski definition) is 0. The van der Waals surface area contributed by atoms with Crippen LogP contribution in [0.4, 0.5) is 0 Å². The third kappa shape index (κ3) is 6.60. The van der Waals surface area contributed by atoms with E-state index in [-0.39, 0.29) is 12.5 Å². The first-order valence-electron chi connectivity index (χ1n) is 9.07. The number of amides is 1. The molecule has 0 spiro atoms. The van der Waals surface area contributed by atoms with E-state index in [0.29, 0.717) is 17.9 Å². The Bertz CT molecular complexity index is 843. The lowest BCUT2D eigenvalue weighted by Gasteiger charge is -2.35. The minimum atomic E-state index is -0.998. The van der Waals surface area contributed by atoms with Crippen LogP contribution in [-0.2, 0) is 32.6 Å². The fraction of sp³-hybridized carbons (Fsp3) is 0.364. The van der Waals surface area contributed by atoms with Gasteiger partial charge in [-0.2, -0.15) is 0 Å². The molecule has 2 aromatic rings. The maximum absolute atomic E-state index is 12.8. The molecule has 28 heavy (non-hydrogen) atoms. The molecule has 1 atom stereocenters. The molecule has 0 fully saturated rings. The van der Waals surface area contributed by atoms with Crippen molar-refractivity contribution in [3.63, 3.8) is 0 Å². The number of esters is 1. The number of benzene rings is 2. The lowest BCUT2D eigenvalue weighted by atomic mass is 10.0. The van der Waals surface area contributed by atoms with E-state index in [1.54, 1.807) is 29.4 Å². The molecule has 1 amide bonds. The van der Waals surface area contributed by atoms with Crippen LogP contribution >= 0.6 is 0 Å². The summed E-state index contributed by atoms with van der Waals surface area (Å²) in [6, 6.07) is 16.5. The molecule has 0 saturated carbocycles. The van der Waals surface area contributed by atoms with Crippen molar-refractivity contribution in [2.24, 2.45) is 0 Å². The van der Waals surface area contributed by atoms with Crippen molar-refractivity contribution in [3.05, 3.63) is 71.3 Å². The summed E-state index contributed by atoms with van der Waals surface area (Å²) >= 11 is 0. The fourth-order valence-electron chi connectivity index (χ4n) is 2.78. The SMILES string of the molecule is CS(=O)Cc1cccc(C(=O)OCC(=O)N(Cc2ccccc2)C(C)(C)C)c1. The van der Waals surface area contributed by atoms with Crippen LogP contribution in [0.15, 0.2) is 54.6 Å². The van der Waals surface area contributed by atoms with Gasteiger partial charge in [-0.15, -0.1) is 0 Å². The largest absolute Gasteiger partial charge is 0.452 e. The lowest BCUT2D eigenvalue weighted by molar-refractivity contribution is -0.140. The standard InChI is InChI=1S/C22H27NO4S/c1-22(2,3)23(14-17-9-6-5-7-10-17)20(24)15-27-21(25)19-12-8-11-18(13-19)16-28(4)26/h5-13H,14-16H2,1-4H3. The van der Waals surface area contributed by atoms with E-state index in [1.807, 2.05) is 57.2 Å². The summed E-state index contributed by atoms with van der Waals surface area (Å²) in [6.45, 7) is 5.96. The van der Waals surface area contributed by atoms with Crippen molar-refractivity contribution in [2.75, 3.05) is 12.9 Å². The molecule has 0 aliphatic rings. The van der Waals surface area contributed by atoms with Gasteiger partial charge in [0.05, 0.1) is 5.56 Å². The molecular weight excluding hydrogens is 374 g/mol. The Balaban J connectivity index is 2.03. The van der Waals surface area contributed by atoms with Gasteiger partial charge in [-0.1, -0.05) is 42.5 Å². The van der Waals surface area contributed by atoms with Crippen molar-refractivity contribution < 1.29 is 18.5 Å². The van der Waals surface area contributed by atoms with Crippen molar-refractivity contribution in [2.45, 2.75) is 38.6 Å². The molecule has 0 N–H and O–H groups in total. The normalized spacial score (nSPS) is 12.3. The van der Waals surface area contributed by atoms with E-state index in [9.17, 15) is 13.8 Å². The van der Waals surface area contributed by atoms with Crippen LogP contribution in [0.25, 0.3) is 0 Å². The van der Waals surface area contributed by atoms with Gasteiger partial charge in [0, 0.05) is 34.9 Å². The molecule has 0 saturated heterocycles. The summed E-state index contributed by atoms with van der Waals surface area (Å²) in [5.41, 5.74) is 1.74. The van der Waals surface area contributed by atoms with Gasteiger partial charge in [0.15, 0.2) is 6.61 Å². The van der Waals surface area contributed by atoms with Crippen LogP contribution in [0.1, 0.15) is 42.3 Å². The smallest absolute Gasteiger partial charge is 0.338 e. The molecule has 0 aliphatic heterocycles. The number of hydrogen-bond acceptors (Lipinski definition) is 4. The molecule has 1 unspecified atom stereocenters. The summed E-state index contributed by atoms with van der Waals surface area (Å²) in [7, 11) is -0.998. The van der Waals surface area contributed by atoms with Crippen LogP contribution in [0.3, 0.4) is 0 Å². The van der Waals surface area contributed by atoms with E-state index < -0.39 is 22.3 Å². The number of ether oxygens (including phenoxy) is 1. The zero-order valence-corrected chi connectivity index (χ0v) is 17.6. The molecule has 6 heteroatoms. The molecule has 2 aromatic carbocycles. The highest BCUT2D eigenvalue weighted by molar-refractivity contribution is 7.83. The average Bonchev–Trinajstić information content (AvgIpc) is 2.63. The fourth-order valence-corrected chi connectivity index (χ4v) is 3.43. The highest BCUT2D eigenvalue weighted by atomic mass is 32.2. The van der Waals surface area contributed by atoms with Crippen LogP contribution < -0.4 is 0 Å². The predicted molar refractivity (Wildman–Crippen MR) is 111 cm³/mol. The van der Waals surface area contributed by atoms with Gasteiger partial charge in [0.25, 0.3) is 5.91 Å². The third-order valence-electron chi connectivity index (χ3n) is 4.15. The summed E-state index contributed by atoms with van der Waals surface area (Å²) in [4.78, 5) is 26.8. The Hall–Kier alpha value is -2.47. The molecule has 0 bridgehead atoms. The summed E-state index contributed by atoms with van der Waals surface area (Å²) in [6.07, 6.45) is 1.61. The number of carbonyl (C=O) groups is 2. The Kier molecular flexibility index (Phi) is 7.52. The first-order valence-corrected chi connectivity index (χ1v) is 10.8. The van der Waals surface area contributed by atoms with E-state index in [1.165, 1.54) is 0 Å². The van der Waals surface area contributed by atoms with Gasteiger partial charge >= 0.3 is 5.97 Å². The Morgan fingerprint density at radius 3 is 2.25 bits per heavy atom. The first-order chi connectivity index (χ1) is 13.2. The number of nitrogens with zero attached hydrogens (tertiary/aromatic N) is 1. The van der Waals surface area contributed by atoms with E-state index >= 15 is 0 Å². The minimum Gasteiger partial charge on any atom is -0.452 e. The molecular formula is C22H27NO4S. The van der Waals surface area contributed by atoms with Gasteiger partial charge in [-0.25, -0.2) is 4.79 Å². The Labute approximate surface area is 169 Å². The third-order valence-corrected chi connectivity index (χ3v) is 4.89. The molecule has 0 aliphatic carbocycles. The molecule has 2 rings (SSSR count). The molecule has 5 nitrogen and oxygen atoms in total. The molecule has 150 valence electrons. The van der Waals surface area contributed by atoms with Crippen molar-refractivity contribution in [1.82, 2.24) is 4.90 Å². The van der Waals surface area contributed by atoms with Crippen LogP contribution in [0, 0.1) is 0 Å². The number of rotatable bonds is 7. The Morgan fingerprint density at radius 2 is 1.64 bits per heavy atom. The molecule has 0 heterocycles. The number of carbonyl (C=O) groups excluding carboxylic acids is 2. The maximum atomic E-state index is 12.8. The van der Waals surface area contributed by atoms with Gasteiger partial charge in [-0.05, 0) is 44.0 Å². The van der Waals surface area contributed by atoms with Gasteiger partial charge < -0.3 is 9.64 Å². The second kappa shape index (κ2) is 9.64. The maximum Gasteiger partial charge on any atom is 0.338 e. The average molecular weight is 402 g/mol. The Morgan fingerprint density at radius 1 is 1.00 bits per heavy atom. The van der Waals surface area contributed by atoms with Crippen molar-refractivity contribution >= 4 is 22.7 Å². The predicted octanol–water partition coefficient (Wildman–Crippen LogP) is 3.55. The van der Waals surface area contributed by atoms with Gasteiger partial charge in [0.2, 0.25) is 0 Å². The molecule has 0 radical (unpaired) electrons. The summed E-state index contributed by atoms with van der Waals surface area (Å²) in [5, 5.41) is 0. The zero-order valence-electron chi connectivity index (χ0n) is 16.8. The monoisotopic (exact) mass is 401 g/mol. The summed E-state index contributed by atoms with van der Waals surface area (Å²) in [5.74, 6) is -0.448. The molecule has 0 aromatic heterocycles. The second-order valence-electron chi connectivity index (χ2n) is 7.63. The van der Waals surface area contributed by atoms with E-state index in [4.69, 9.17) is 4.74 Å². The van der Waals surface area contributed by atoms with Gasteiger partial charge in [-0.3, -0.25) is 9.00 Å². The second-order valence-corrected chi connectivity index (χ2v) is 9.07. The van der Waals surface area contributed by atoms with Crippen LogP contribution in [-0.4, -0.2) is 39.4 Å². The topological polar surface area (TPSA) is 63.7 Å². The highest BCUT2D eigenvalue weighted by Gasteiger charge is 2.27. The van der Waals surface area contributed by atoms with E-state index in [2.05, 4.69) is 0 Å². The first kappa shape index (κ1) is 21.8. The minimum absolute atomic E-state index is 0.254. The lowest BCUT2D eigenvalue weighted by Crippen LogP contribution is -2.46. The highest BCUT2D eigenvalue weighted by Crippen LogP contribution is 2.18. The van der Waals surface area contributed by atoms with E-state index in [0.717, 1.165) is 11.1 Å². The van der Waals surface area contributed by atoms with Gasteiger partial charge in [0.1, 0.15) is 0 Å².